The number of anilines is 1. The molecule has 0 bridgehead atoms. The first-order valence-corrected chi connectivity index (χ1v) is 5.14. The second-order valence-electron chi connectivity index (χ2n) is 3.40. The van der Waals surface area contributed by atoms with Gasteiger partial charge < -0.3 is 5.73 Å². The summed E-state index contributed by atoms with van der Waals surface area (Å²) in [6.07, 6.45) is -2.60. The topological polar surface area (TPSA) is 55.3 Å². The molecular formula is C11H11ClF3N3. The van der Waals surface area contributed by atoms with E-state index in [1.54, 1.807) is 0 Å². The molecule has 0 saturated carbocycles. The molecule has 1 aromatic carbocycles. The third-order valence-electron chi connectivity index (χ3n) is 2.09. The fourth-order valence-electron chi connectivity index (χ4n) is 1.22. The molecule has 0 aliphatic rings. The van der Waals surface area contributed by atoms with Crippen molar-refractivity contribution in [1.82, 2.24) is 0 Å². The molecule has 3 nitrogen and oxygen atoms in total. The van der Waals surface area contributed by atoms with Crippen LogP contribution in [0.2, 0.25) is 5.02 Å². The van der Waals surface area contributed by atoms with Crippen LogP contribution in [0.15, 0.2) is 36.7 Å². The van der Waals surface area contributed by atoms with Crippen molar-refractivity contribution in [2.75, 3.05) is 5.01 Å². The predicted molar refractivity (Wildman–Crippen MR) is 66.5 cm³/mol. The number of hydrazine groups is 1. The van der Waals surface area contributed by atoms with Crippen molar-refractivity contribution >= 4 is 23.4 Å². The number of hydrogen-bond acceptors (Lipinski definition) is 3. The Labute approximate surface area is 107 Å². The van der Waals surface area contributed by atoms with E-state index in [0.717, 1.165) is 5.01 Å². The summed E-state index contributed by atoms with van der Waals surface area (Å²) in [5, 5.41) is 1.20. The average Bonchev–Trinajstić information content (AvgIpc) is 2.27. The second-order valence-corrected chi connectivity index (χ2v) is 3.83. The highest BCUT2D eigenvalue weighted by Crippen LogP contribution is 2.26. The van der Waals surface area contributed by atoms with E-state index in [4.69, 9.17) is 23.2 Å². The van der Waals surface area contributed by atoms with Gasteiger partial charge in [0.15, 0.2) is 0 Å². The Morgan fingerprint density at radius 1 is 1.39 bits per heavy atom. The molecule has 0 radical (unpaired) electrons. The van der Waals surface area contributed by atoms with Crippen LogP contribution in [0.3, 0.4) is 0 Å². The van der Waals surface area contributed by atoms with Crippen LogP contribution in [-0.4, -0.2) is 6.18 Å². The zero-order valence-electron chi connectivity index (χ0n) is 9.21. The van der Waals surface area contributed by atoms with E-state index >= 15 is 0 Å². The Kier molecular flexibility index (Phi) is 4.26. The van der Waals surface area contributed by atoms with Crippen molar-refractivity contribution < 1.29 is 13.2 Å². The third-order valence-corrected chi connectivity index (χ3v) is 2.33. The van der Waals surface area contributed by atoms with Gasteiger partial charge in [0.1, 0.15) is 5.70 Å². The Hall–Kier alpha value is -1.66. The second kappa shape index (κ2) is 5.32. The summed E-state index contributed by atoms with van der Waals surface area (Å²) >= 11 is 5.75. The summed E-state index contributed by atoms with van der Waals surface area (Å²) in [5.41, 5.74) is 4.38. The Bertz CT molecular complexity index is 483. The van der Waals surface area contributed by atoms with Crippen LogP contribution in [0, 0.1) is 0 Å². The van der Waals surface area contributed by atoms with Crippen molar-refractivity contribution in [3.63, 3.8) is 0 Å². The number of nitrogens with zero attached hydrogens (tertiary/aromatic N) is 1. The van der Waals surface area contributed by atoms with Crippen LogP contribution in [0.5, 0.6) is 0 Å². The van der Waals surface area contributed by atoms with Gasteiger partial charge in [-0.15, -0.1) is 0 Å². The van der Waals surface area contributed by atoms with Gasteiger partial charge in [-0.25, -0.2) is 5.84 Å². The van der Waals surface area contributed by atoms with Crippen LogP contribution in [0.4, 0.5) is 18.9 Å². The Balaban J connectivity index is 3.12. The third kappa shape index (κ3) is 3.41. The van der Waals surface area contributed by atoms with E-state index in [-0.39, 0.29) is 0 Å². The fraction of sp³-hybridized carbons (Fsp3) is 0.0909. The largest absolute Gasteiger partial charge is 0.432 e. The van der Waals surface area contributed by atoms with Gasteiger partial charge in [0.05, 0.1) is 5.69 Å². The van der Waals surface area contributed by atoms with E-state index in [1.807, 2.05) is 0 Å². The van der Waals surface area contributed by atoms with Gasteiger partial charge in [0, 0.05) is 16.8 Å². The number of hydrogen-bond donors (Lipinski definition) is 2. The molecular weight excluding hydrogens is 267 g/mol. The molecule has 98 valence electrons. The molecule has 0 fully saturated rings. The lowest BCUT2D eigenvalue weighted by molar-refractivity contribution is -0.0928. The van der Waals surface area contributed by atoms with Gasteiger partial charge in [0.2, 0.25) is 0 Å². The highest BCUT2D eigenvalue weighted by molar-refractivity contribution is 6.30. The lowest BCUT2D eigenvalue weighted by Gasteiger charge is -2.18. The fourth-order valence-corrected chi connectivity index (χ4v) is 1.40. The van der Waals surface area contributed by atoms with Crippen molar-refractivity contribution in [1.29, 1.82) is 0 Å². The molecule has 0 atom stereocenters. The molecule has 1 aromatic rings. The molecule has 0 amide bonds. The van der Waals surface area contributed by atoms with Gasteiger partial charge in [-0.1, -0.05) is 24.3 Å². The number of halogens is 4. The van der Waals surface area contributed by atoms with Crippen LogP contribution in [0.1, 0.15) is 5.56 Å². The molecule has 0 aliphatic carbocycles. The molecule has 0 heterocycles. The summed E-state index contributed by atoms with van der Waals surface area (Å²) in [6.45, 7) is 3.53. The van der Waals surface area contributed by atoms with E-state index in [1.165, 1.54) is 24.3 Å². The van der Waals surface area contributed by atoms with Gasteiger partial charge in [-0.05, 0) is 18.2 Å². The predicted octanol–water partition coefficient (Wildman–Crippen LogP) is 3.03. The molecule has 0 aliphatic heterocycles. The first-order chi connectivity index (χ1) is 8.25. The Morgan fingerprint density at radius 2 is 2.00 bits per heavy atom. The standard InChI is InChI=1S/C11H11ClF3N3/c1-2-7-5-8(12)3-4-9(7)18(17)6-10(16)11(13,14)15/h2-6H,1,16-17H2/b10-6-. The van der Waals surface area contributed by atoms with Crippen molar-refractivity contribution in [3.8, 4) is 0 Å². The van der Waals surface area contributed by atoms with Crippen LogP contribution < -0.4 is 16.6 Å². The minimum absolute atomic E-state index is 0.307. The lowest BCUT2D eigenvalue weighted by Crippen LogP contribution is -2.30. The summed E-state index contributed by atoms with van der Waals surface area (Å²) in [5.74, 6) is 5.51. The van der Waals surface area contributed by atoms with Gasteiger partial charge in [0.25, 0.3) is 0 Å². The summed E-state index contributed by atoms with van der Waals surface area (Å²) in [7, 11) is 0. The molecule has 4 N–H and O–H groups in total. The van der Waals surface area contributed by atoms with Gasteiger partial charge in [-0.3, -0.25) is 5.01 Å². The minimum Gasteiger partial charge on any atom is -0.393 e. The average molecular weight is 278 g/mol. The lowest BCUT2D eigenvalue weighted by atomic mass is 10.1. The van der Waals surface area contributed by atoms with Crippen LogP contribution >= 0.6 is 11.6 Å². The molecule has 0 unspecified atom stereocenters. The number of alkyl halides is 3. The zero-order valence-corrected chi connectivity index (χ0v) is 9.96. The maximum Gasteiger partial charge on any atom is 0.432 e. The summed E-state index contributed by atoms with van der Waals surface area (Å²) < 4.78 is 36.8. The number of rotatable bonds is 3. The van der Waals surface area contributed by atoms with E-state index in [9.17, 15) is 13.2 Å². The highest BCUT2D eigenvalue weighted by Gasteiger charge is 2.32. The summed E-state index contributed by atoms with van der Waals surface area (Å²) in [6, 6.07) is 4.50. The number of allylic oxidation sites excluding steroid dienone is 1. The molecule has 1 rings (SSSR count). The van der Waals surface area contributed by atoms with E-state index in [2.05, 4.69) is 6.58 Å². The molecule has 0 aromatic heterocycles. The normalized spacial score (nSPS) is 12.4. The zero-order chi connectivity index (χ0) is 13.9. The van der Waals surface area contributed by atoms with Gasteiger partial charge in [-0.2, -0.15) is 13.2 Å². The van der Waals surface area contributed by atoms with Crippen molar-refractivity contribution in [2.45, 2.75) is 6.18 Å². The first kappa shape index (κ1) is 14.4. The monoisotopic (exact) mass is 277 g/mol. The smallest absolute Gasteiger partial charge is 0.393 e. The van der Waals surface area contributed by atoms with Crippen LogP contribution in [0.25, 0.3) is 6.08 Å². The molecule has 18 heavy (non-hydrogen) atoms. The maximum atomic E-state index is 12.3. The van der Waals surface area contributed by atoms with E-state index < -0.39 is 11.9 Å². The molecule has 7 heteroatoms. The maximum absolute atomic E-state index is 12.3. The Morgan fingerprint density at radius 3 is 2.50 bits per heavy atom. The number of benzene rings is 1. The van der Waals surface area contributed by atoms with Crippen molar-refractivity contribution in [2.24, 2.45) is 11.6 Å². The van der Waals surface area contributed by atoms with Crippen LogP contribution in [-0.2, 0) is 0 Å². The van der Waals surface area contributed by atoms with Crippen molar-refractivity contribution in [3.05, 3.63) is 47.3 Å². The quantitative estimate of drug-likeness (QED) is 0.659. The van der Waals surface area contributed by atoms with E-state index in [0.29, 0.717) is 22.5 Å². The highest BCUT2D eigenvalue weighted by atomic mass is 35.5. The number of nitrogens with two attached hydrogens (primary N) is 2. The minimum atomic E-state index is -4.63. The SMILES string of the molecule is C=Cc1cc(Cl)ccc1N(N)/C=C(\N)C(F)(F)F. The van der Waals surface area contributed by atoms with Gasteiger partial charge >= 0.3 is 6.18 Å². The molecule has 0 spiro atoms. The first-order valence-electron chi connectivity index (χ1n) is 4.76. The summed E-state index contributed by atoms with van der Waals surface area (Å²) in [4.78, 5) is 0. The molecule has 0 saturated heterocycles.